The van der Waals surface area contributed by atoms with Crippen LogP contribution >= 0.6 is 33.9 Å². The Balaban J connectivity index is 1.95. The van der Waals surface area contributed by atoms with Crippen molar-refractivity contribution in [2.45, 2.75) is 0 Å². The van der Waals surface area contributed by atoms with E-state index in [0.717, 1.165) is 20.4 Å². The molecular weight excluding hydrogens is 459 g/mol. The molecule has 0 atom stereocenters. The SMILES string of the molecule is COc1ccc(-c2csc(C(C#N)=Cc3cccc(I)c3)n2)cc1OC. The summed E-state index contributed by atoms with van der Waals surface area (Å²) < 4.78 is 11.7. The lowest BCUT2D eigenvalue weighted by Crippen LogP contribution is -1.91. The van der Waals surface area contributed by atoms with Gasteiger partial charge in [0.05, 0.1) is 25.5 Å². The quantitative estimate of drug-likeness (QED) is 0.362. The van der Waals surface area contributed by atoms with Gasteiger partial charge in [-0.25, -0.2) is 4.98 Å². The number of methoxy groups -OCH3 is 2. The highest BCUT2D eigenvalue weighted by atomic mass is 127. The number of hydrogen-bond acceptors (Lipinski definition) is 5. The molecule has 2 aromatic carbocycles. The van der Waals surface area contributed by atoms with E-state index in [-0.39, 0.29) is 0 Å². The summed E-state index contributed by atoms with van der Waals surface area (Å²) in [4.78, 5) is 4.63. The molecule has 1 aromatic heterocycles. The van der Waals surface area contributed by atoms with Gasteiger partial charge in [0.25, 0.3) is 0 Å². The van der Waals surface area contributed by atoms with Crippen molar-refractivity contribution >= 4 is 45.6 Å². The average molecular weight is 474 g/mol. The first-order valence-electron chi connectivity index (χ1n) is 7.70. The Kier molecular flexibility index (Phi) is 5.91. The fraction of sp³-hybridized carbons (Fsp3) is 0.100. The zero-order valence-electron chi connectivity index (χ0n) is 14.2. The van der Waals surface area contributed by atoms with Crippen LogP contribution in [0.2, 0.25) is 0 Å². The molecule has 130 valence electrons. The summed E-state index contributed by atoms with van der Waals surface area (Å²) in [7, 11) is 3.21. The number of nitrogens with zero attached hydrogens (tertiary/aromatic N) is 2. The predicted octanol–water partition coefficient (Wildman–Crippen LogP) is 5.50. The summed E-state index contributed by atoms with van der Waals surface area (Å²) in [6, 6.07) is 15.9. The molecule has 0 aliphatic heterocycles. The third-order valence-corrected chi connectivity index (χ3v) is 5.24. The van der Waals surface area contributed by atoms with E-state index in [1.165, 1.54) is 11.3 Å². The van der Waals surface area contributed by atoms with Gasteiger partial charge in [-0.2, -0.15) is 5.26 Å². The van der Waals surface area contributed by atoms with Crippen LogP contribution in [0.5, 0.6) is 11.5 Å². The van der Waals surface area contributed by atoms with Crippen LogP contribution in [0.3, 0.4) is 0 Å². The zero-order chi connectivity index (χ0) is 18.5. The third-order valence-electron chi connectivity index (χ3n) is 3.69. The Labute approximate surface area is 169 Å². The molecule has 0 amide bonds. The summed E-state index contributed by atoms with van der Waals surface area (Å²) in [6.45, 7) is 0. The second-order valence-electron chi connectivity index (χ2n) is 5.33. The van der Waals surface area contributed by atoms with Crippen molar-refractivity contribution in [1.82, 2.24) is 4.98 Å². The second-order valence-corrected chi connectivity index (χ2v) is 7.44. The number of benzene rings is 2. The molecule has 3 aromatic rings. The van der Waals surface area contributed by atoms with Gasteiger partial charge in [0.15, 0.2) is 11.5 Å². The standard InChI is InChI=1S/C20H15IN2O2S/c1-24-18-7-6-14(10-19(18)25-2)17-12-26-20(23-17)15(11-22)8-13-4-3-5-16(21)9-13/h3-10,12H,1-2H3. The number of aromatic nitrogens is 1. The van der Waals surface area contributed by atoms with Gasteiger partial charge in [-0.3, -0.25) is 0 Å². The number of ether oxygens (including phenoxy) is 2. The van der Waals surface area contributed by atoms with Crippen LogP contribution in [-0.4, -0.2) is 19.2 Å². The van der Waals surface area contributed by atoms with Crippen LogP contribution < -0.4 is 9.47 Å². The van der Waals surface area contributed by atoms with Crippen LogP contribution in [0.25, 0.3) is 22.9 Å². The van der Waals surface area contributed by atoms with E-state index >= 15 is 0 Å². The number of allylic oxidation sites excluding steroid dienone is 1. The smallest absolute Gasteiger partial charge is 0.161 e. The van der Waals surface area contributed by atoms with Crippen molar-refractivity contribution in [3.8, 4) is 28.8 Å². The molecule has 0 aliphatic rings. The molecule has 0 saturated carbocycles. The topological polar surface area (TPSA) is 55.1 Å². The molecule has 0 fully saturated rings. The molecule has 4 nitrogen and oxygen atoms in total. The molecule has 6 heteroatoms. The summed E-state index contributed by atoms with van der Waals surface area (Å²) >= 11 is 3.70. The predicted molar refractivity (Wildman–Crippen MR) is 113 cm³/mol. The average Bonchev–Trinajstić information content (AvgIpc) is 3.15. The normalized spacial score (nSPS) is 11.1. The maximum absolute atomic E-state index is 9.55. The lowest BCUT2D eigenvalue weighted by atomic mass is 10.1. The highest BCUT2D eigenvalue weighted by Crippen LogP contribution is 2.33. The number of halogens is 1. The van der Waals surface area contributed by atoms with E-state index in [1.54, 1.807) is 14.2 Å². The molecule has 0 spiro atoms. The molecule has 26 heavy (non-hydrogen) atoms. The minimum atomic E-state index is 0.545. The highest BCUT2D eigenvalue weighted by Gasteiger charge is 2.12. The van der Waals surface area contributed by atoms with Gasteiger partial charge in [-0.15, -0.1) is 11.3 Å². The second kappa shape index (κ2) is 8.34. The fourth-order valence-corrected chi connectivity index (χ4v) is 3.79. The number of thiazole rings is 1. The molecule has 0 aliphatic carbocycles. The third kappa shape index (κ3) is 4.06. The van der Waals surface area contributed by atoms with Gasteiger partial charge in [-0.05, 0) is 64.6 Å². The molecule has 1 heterocycles. The Morgan fingerprint density at radius 2 is 1.96 bits per heavy atom. The minimum Gasteiger partial charge on any atom is -0.493 e. The van der Waals surface area contributed by atoms with E-state index in [1.807, 2.05) is 53.9 Å². The van der Waals surface area contributed by atoms with Crippen LogP contribution in [0, 0.1) is 14.9 Å². The Morgan fingerprint density at radius 1 is 1.15 bits per heavy atom. The lowest BCUT2D eigenvalue weighted by molar-refractivity contribution is 0.355. The minimum absolute atomic E-state index is 0.545. The van der Waals surface area contributed by atoms with E-state index in [9.17, 15) is 5.26 Å². The number of nitriles is 1. The van der Waals surface area contributed by atoms with Gasteiger partial charge < -0.3 is 9.47 Å². The summed E-state index contributed by atoms with van der Waals surface area (Å²) in [5, 5.41) is 12.2. The first kappa shape index (κ1) is 18.4. The van der Waals surface area contributed by atoms with Crippen LogP contribution in [0.4, 0.5) is 0 Å². The van der Waals surface area contributed by atoms with E-state index in [2.05, 4.69) is 33.6 Å². The van der Waals surface area contributed by atoms with Gasteiger partial charge in [-0.1, -0.05) is 12.1 Å². The van der Waals surface area contributed by atoms with Crippen LogP contribution in [0.15, 0.2) is 47.8 Å². The lowest BCUT2D eigenvalue weighted by Gasteiger charge is -2.08. The summed E-state index contributed by atoms with van der Waals surface area (Å²) in [5.74, 6) is 1.32. The fourth-order valence-electron chi connectivity index (χ4n) is 2.43. The summed E-state index contributed by atoms with van der Waals surface area (Å²) in [6.07, 6.45) is 1.86. The molecule has 0 saturated heterocycles. The number of rotatable bonds is 5. The van der Waals surface area contributed by atoms with Crippen molar-refractivity contribution < 1.29 is 9.47 Å². The maximum Gasteiger partial charge on any atom is 0.161 e. The van der Waals surface area contributed by atoms with Crippen molar-refractivity contribution in [2.75, 3.05) is 14.2 Å². The van der Waals surface area contributed by atoms with Crippen LogP contribution in [-0.2, 0) is 0 Å². The monoisotopic (exact) mass is 474 g/mol. The Bertz CT molecular complexity index is 1010. The van der Waals surface area contributed by atoms with Gasteiger partial charge in [0, 0.05) is 14.5 Å². The van der Waals surface area contributed by atoms with Crippen molar-refractivity contribution in [3.63, 3.8) is 0 Å². The number of hydrogen-bond donors (Lipinski definition) is 0. The molecule has 3 rings (SSSR count). The van der Waals surface area contributed by atoms with E-state index in [0.29, 0.717) is 22.1 Å². The van der Waals surface area contributed by atoms with Crippen molar-refractivity contribution in [2.24, 2.45) is 0 Å². The molecular formula is C20H15IN2O2S. The Hall–Kier alpha value is -2.37. The largest absolute Gasteiger partial charge is 0.493 e. The first-order valence-corrected chi connectivity index (χ1v) is 9.66. The van der Waals surface area contributed by atoms with Gasteiger partial charge >= 0.3 is 0 Å². The maximum atomic E-state index is 9.55. The van der Waals surface area contributed by atoms with Crippen molar-refractivity contribution in [1.29, 1.82) is 5.26 Å². The molecule has 0 radical (unpaired) electrons. The molecule has 0 unspecified atom stereocenters. The van der Waals surface area contributed by atoms with Crippen LogP contribution in [0.1, 0.15) is 10.6 Å². The highest BCUT2D eigenvalue weighted by molar-refractivity contribution is 14.1. The van der Waals surface area contributed by atoms with Gasteiger partial charge in [0.1, 0.15) is 11.1 Å². The van der Waals surface area contributed by atoms with Gasteiger partial charge in [0.2, 0.25) is 0 Å². The van der Waals surface area contributed by atoms with E-state index < -0.39 is 0 Å². The Morgan fingerprint density at radius 3 is 2.65 bits per heavy atom. The molecule has 0 N–H and O–H groups in total. The summed E-state index contributed by atoms with van der Waals surface area (Å²) in [5.41, 5.74) is 3.24. The first-order chi connectivity index (χ1) is 12.6. The van der Waals surface area contributed by atoms with E-state index in [4.69, 9.17) is 9.47 Å². The molecule has 0 bridgehead atoms. The zero-order valence-corrected chi connectivity index (χ0v) is 17.2. The van der Waals surface area contributed by atoms with Crippen molar-refractivity contribution in [3.05, 3.63) is 62.0 Å².